The molecule has 1 saturated heterocycles. The first-order chi connectivity index (χ1) is 7.59. The summed E-state index contributed by atoms with van der Waals surface area (Å²) >= 11 is 1.89. The molecule has 2 rings (SSSR count). The molecule has 3 heteroatoms. The minimum absolute atomic E-state index is 0.240. The lowest BCUT2D eigenvalue weighted by Crippen LogP contribution is -2.37. The summed E-state index contributed by atoms with van der Waals surface area (Å²) in [4.78, 5) is 4.87. The van der Waals surface area contributed by atoms with Gasteiger partial charge in [-0.05, 0) is 45.4 Å². The van der Waals surface area contributed by atoms with Crippen molar-refractivity contribution in [3.63, 3.8) is 0 Å². The monoisotopic (exact) mass is 240 g/mol. The summed E-state index contributed by atoms with van der Waals surface area (Å²) in [6.45, 7) is 6.81. The van der Waals surface area contributed by atoms with Gasteiger partial charge >= 0.3 is 0 Å². The molecule has 0 atom stereocenters. The Morgan fingerprint density at radius 2 is 2.00 bits per heavy atom. The largest absolute Gasteiger partial charge is 0.359 e. The van der Waals surface area contributed by atoms with E-state index < -0.39 is 0 Å². The molecule has 0 amide bonds. The first-order valence-electron chi connectivity index (χ1n) is 6.58. The van der Waals surface area contributed by atoms with Crippen molar-refractivity contribution in [3.05, 3.63) is 0 Å². The van der Waals surface area contributed by atoms with Crippen LogP contribution in [0.3, 0.4) is 0 Å². The molecule has 92 valence electrons. The van der Waals surface area contributed by atoms with Crippen molar-refractivity contribution in [2.24, 2.45) is 10.9 Å². The SMILES string of the molecule is CCC1CCC(N=C2NC(C)(C)CS2)CC1. The van der Waals surface area contributed by atoms with Crippen molar-refractivity contribution >= 4 is 16.9 Å². The van der Waals surface area contributed by atoms with E-state index in [-0.39, 0.29) is 5.54 Å². The van der Waals surface area contributed by atoms with Gasteiger partial charge in [0.1, 0.15) is 0 Å². The Balaban J connectivity index is 1.84. The van der Waals surface area contributed by atoms with Crippen LogP contribution >= 0.6 is 11.8 Å². The van der Waals surface area contributed by atoms with Gasteiger partial charge in [-0.3, -0.25) is 4.99 Å². The van der Waals surface area contributed by atoms with Crippen LogP contribution in [0.25, 0.3) is 0 Å². The van der Waals surface area contributed by atoms with Gasteiger partial charge in [-0.2, -0.15) is 0 Å². The predicted molar refractivity (Wildman–Crippen MR) is 73.1 cm³/mol. The van der Waals surface area contributed by atoms with E-state index in [1.54, 1.807) is 0 Å². The van der Waals surface area contributed by atoms with Gasteiger partial charge in [0.15, 0.2) is 5.17 Å². The van der Waals surface area contributed by atoms with Gasteiger partial charge in [-0.1, -0.05) is 25.1 Å². The van der Waals surface area contributed by atoms with Crippen molar-refractivity contribution in [2.75, 3.05) is 5.75 Å². The smallest absolute Gasteiger partial charge is 0.157 e. The van der Waals surface area contributed by atoms with E-state index in [1.807, 2.05) is 11.8 Å². The fourth-order valence-electron chi connectivity index (χ4n) is 2.53. The molecule has 1 heterocycles. The summed E-state index contributed by atoms with van der Waals surface area (Å²) in [6.07, 6.45) is 6.71. The highest BCUT2D eigenvalue weighted by Gasteiger charge is 2.28. The molecule has 16 heavy (non-hydrogen) atoms. The van der Waals surface area contributed by atoms with Crippen LogP contribution in [0.15, 0.2) is 4.99 Å². The summed E-state index contributed by atoms with van der Waals surface area (Å²) in [5.41, 5.74) is 0.240. The van der Waals surface area contributed by atoms with Gasteiger partial charge in [0.2, 0.25) is 0 Å². The Morgan fingerprint density at radius 1 is 1.31 bits per heavy atom. The Hall–Kier alpha value is -0.180. The molecule has 0 aromatic carbocycles. The van der Waals surface area contributed by atoms with Gasteiger partial charge in [-0.15, -0.1) is 0 Å². The average Bonchev–Trinajstić information content (AvgIpc) is 2.59. The van der Waals surface area contributed by atoms with Crippen LogP contribution in [0.2, 0.25) is 0 Å². The predicted octanol–water partition coefficient (Wildman–Crippen LogP) is 3.43. The lowest BCUT2D eigenvalue weighted by atomic mass is 9.85. The third-order valence-corrected chi connectivity index (χ3v) is 5.06. The van der Waals surface area contributed by atoms with E-state index in [1.165, 1.54) is 37.3 Å². The van der Waals surface area contributed by atoms with Gasteiger partial charge < -0.3 is 5.32 Å². The molecule has 2 aliphatic rings. The van der Waals surface area contributed by atoms with E-state index in [2.05, 4.69) is 26.1 Å². The second-order valence-electron chi connectivity index (χ2n) is 5.81. The molecule has 1 aliphatic heterocycles. The van der Waals surface area contributed by atoms with E-state index in [4.69, 9.17) is 4.99 Å². The van der Waals surface area contributed by atoms with E-state index in [9.17, 15) is 0 Å². The van der Waals surface area contributed by atoms with Crippen LogP contribution in [0, 0.1) is 5.92 Å². The lowest BCUT2D eigenvalue weighted by molar-refractivity contribution is 0.320. The molecular weight excluding hydrogens is 216 g/mol. The van der Waals surface area contributed by atoms with Gasteiger partial charge in [-0.25, -0.2) is 0 Å². The summed E-state index contributed by atoms with van der Waals surface area (Å²) < 4.78 is 0. The van der Waals surface area contributed by atoms with Crippen LogP contribution in [0.4, 0.5) is 0 Å². The molecular formula is C13H24N2S. The fraction of sp³-hybridized carbons (Fsp3) is 0.923. The molecule has 0 aromatic rings. The maximum Gasteiger partial charge on any atom is 0.157 e. The highest BCUT2D eigenvalue weighted by Crippen LogP contribution is 2.30. The van der Waals surface area contributed by atoms with Gasteiger partial charge in [0.25, 0.3) is 0 Å². The van der Waals surface area contributed by atoms with Gasteiger partial charge in [0.05, 0.1) is 6.04 Å². The highest BCUT2D eigenvalue weighted by molar-refractivity contribution is 8.14. The van der Waals surface area contributed by atoms with Crippen LogP contribution in [-0.2, 0) is 0 Å². The Bertz CT molecular complexity index is 265. The highest BCUT2D eigenvalue weighted by atomic mass is 32.2. The molecule has 0 bridgehead atoms. The van der Waals surface area contributed by atoms with Crippen molar-refractivity contribution in [1.82, 2.24) is 5.32 Å². The van der Waals surface area contributed by atoms with Crippen molar-refractivity contribution in [1.29, 1.82) is 0 Å². The number of hydrogen-bond acceptors (Lipinski definition) is 2. The molecule has 1 N–H and O–H groups in total. The van der Waals surface area contributed by atoms with E-state index >= 15 is 0 Å². The minimum atomic E-state index is 0.240. The summed E-state index contributed by atoms with van der Waals surface area (Å²) in [5, 5.41) is 4.70. The second-order valence-corrected chi connectivity index (χ2v) is 6.78. The normalized spacial score (nSPS) is 36.3. The number of nitrogens with zero attached hydrogens (tertiary/aromatic N) is 1. The molecule has 1 saturated carbocycles. The lowest BCUT2D eigenvalue weighted by Gasteiger charge is -2.25. The summed E-state index contributed by atoms with van der Waals surface area (Å²) in [5.74, 6) is 2.12. The molecule has 0 spiro atoms. The van der Waals surface area contributed by atoms with Crippen molar-refractivity contribution < 1.29 is 0 Å². The van der Waals surface area contributed by atoms with Gasteiger partial charge in [0, 0.05) is 11.3 Å². The van der Waals surface area contributed by atoms with Crippen LogP contribution < -0.4 is 5.32 Å². The quantitative estimate of drug-likeness (QED) is 0.799. The Morgan fingerprint density at radius 3 is 2.50 bits per heavy atom. The maximum atomic E-state index is 4.87. The maximum absolute atomic E-state index is 4.87. The standard InChI is InChI=1S/C13H24N2S/c1-4-10-5-7-11(8-6-10)14-12-15-13(2,3)9-16-12/h10-11H,4-9H2,1-3H3,(H,14,15). The number of thioether (sulfide) groups is 1. The number of aliphatic imine (C=N–C) groups is 1. The molecule has 2 nitrogen and oxygen atoms in total. The fourth-order valence-corrected chi connectivity index (χ4v) is 3.67. The average molecular weight is 240 g/mol. The minimum Gasteiger partial charge on any atom is -0.359 e. The van der Waals surface area contributed by atoms with Crippen LogP contribution in [0.5, 0.6) is 0 Å². The molecule has 0 radical (unpaired) electrons. The third-order valence-electron chi connectivity index (χ3n) is 3.71. The third kappa shape index (κ3) is 3.16. The van der Waals surface area contributed by atoms with Crippen LogP contribution in [0.1, 0.15) is 52.9 Å². The number of nitrogens with one attached hydrogen (secondary N) is 1. The second kappa shape index (κ2) is 4.99. The molecule has 2 fully saturated rings. The summed E-state index contributed by atoms with van der Waals surface area (Å²) in [7, 11) is 0. The van der Waals surface area contributed by atoms with Crippen molar-refractivity contribution in [3.8, 4) is 0 Å². The molecule has 0 unspecified atom stereocenters. The zero-order chi connectivity index (χ0) is 11.6. The topological polar surface area (TPSA) is 24.4 Å². The molecule has 0 aromatic heterocycles. The van der Waals surface area contributed by atoms with Crippen LogP contribution in [-0.4, -0.2) is 22.5 Å². The number of amidine groups is 1. The first kappa shape index (κ1) is 12.3. The van der Waals surface area contributed by atoms with E-state index in [0.717, 1.165) is 11.7 Å². The zero-order valence-corrected chi connectivity index (χ0v) is 11.6. The summed E-state index contributed by atoms with van der Waals surface area (Å²) in [6, 6.07) is 0.590. The number of rotatable bonds is 2. The molecule has 1 aliphatic carbocycles. The first-order valence-corrected chi connectivity index (χ1v) is 7.56. The Labute approximate surface area is 104 Å². The Kier molecular flexibility index (Phi) is 3.83. The van der Waals surface area contributed by atoms with E-state index in [0.29, 0.717) is 6.04 Å². The van der Waals surface area contributed by atoms with Crippen molar-refractivity contribution in [2.45, 2.75) is 64.5 Å². The number of hydrogen-bond donors (Lipinski definition) is 1. The zero-order valence-electron chi connectivity index (χ0n) is 10.8.